The second kappa shape index (κ2) is 12.0. The molecule has 6 rings (SSSR count). The predicted molar refractivity (Wildman–Crippen MR) is 165 cm³/mol. The van der Waals surface area contributed by atoms with Gasteiger partial charge in [-0.1, -0.05) is 48.5 Å². The average Bonchev–Trinajstić information content (AvgIpc) is 3.48. The summed E-state index contributed by atoms with van der Waals surface area (Å²) in [5.41, 5.74) is 5.17. The minimum atomic E-state index is -4.04. The van der Waals surface area contributed by atoms with E-state index in [1.165, 1.54) is 36.3 Å². The molecule has 1 unspecified atom stereocenters. The number of carbonyl (C=O) groups is 1. The van der Waals surface area contributed by atoms with Crippen molar-refractivity contribution in [3.8, 4) is 11.3 Å². The van der Waals surface area contributed by atoms with Gasteiger partial charge in [-0.25, -0.2) is 16.8 Å². The van der Waals surface area contributed by atoms with Crippen molar-refractivity contribution >= 4 is 33.2 Å². The van der Waals surface area contributed by atoms with Crippen LogP contribution in [0.1, 0.15) is 28.2 Å². The molecule has 218 valence electrons. The zero-order chi connectivity index (χ0) is 30.0. The maximum absolute atomic E-state index is 14.9. The van der Waals surface area contributed by atoms with E-state index in [9.17, 15) is 17.6 Å². The Labute approximate surface area is 254 Å². The van der Waals surface area contributed by atoms with Gasteiger partial charge in [-0.2, -0.15) is 0 Å². The van der Waals surface area contributed by atoms with Crippen molar-refractivity contribution < 1.29 is 17.6 Å². The summed E-state index contributed by atoms with van der Waals surface area (Å²) in [5.74, 6) is -0.726. The number of hydrogen-bond donors (Lipinski definition) is 1. The van der Waals surface area contributed by atoms with Gasteiger partial charge in [0.05, 0.1) is 5.69 Å². The summed E-state index contributed by atoms with van der Waals surface area (Å²) in [6.45, 7) is 1.34. The molecular weight excluding hydrogens is 587 g/mol. The van der Waals surface area contributed by atoms with Gasteiger partial charge in [0, 0.05) is 55.4 Å². The molecule has 0 radical (unpaired) electrons. The topological polar surface area (TPSA) is 84.3 Å². The smallest absolute Gasteiger partial charge is 0.269 e. The molecule has 0 fully saturated rings. The summed E-state index contributed by atoms with van der Waals surface area (Å²) in [6.07, 6.45) is 4.28. The standard InChI is InChI=1S/C33H28ClFN4O3S/c34-17-33(40)38-21-25-7-1-2-11-28(25)30(22-38)24-8-5-9-26(16-24)37-18-23-15-32(29-12-3-4-13-31(29)35)39(20-23)43(41,42)27-10-6-14-36-19-27/h1-16,19-20,30,37H,17-18,21-22H2. The van der Waals surface area contributed by atoms with E-state index in [1.54, 1.807) is 35.2 Å². The Morgan fingerprint density at radius 3 is 2.60 bits per heavy atom. The minimum Gasteiger partial charge on any atom is -0.381 e. The molecule has 1 atom stereocenters. The highest BCUT2D eigenvalue weighted by Gasteiger charge is 2.29. The number of benzene rings is 3. The van der Waals surface area contributed by atoms with Crippen molar-refractivity contribution in [2.45, 2.75) is 23.9 Å². The van der Waals surface area contributed by atoms with Crippen LogP contribution in [0.5, 0.6) is 0 Å². The van der Waals surface area contributed by atoms with E-state index < -0.39 is 15.8 Å². The van der Waals surface area contributed by atoms with Gasteiger partial charge in [-0.15, -0.1) is 11.6 Å². The van der Waals surface area contributed by atoms with Crippen LogP contribution in [0.2, 0.25) is 0 Å². The van der Waals surface area contributed by atoms with Crippen LogP contribution in [0, 0.1) is 5.82 Å². The van der Waals surface area contributed by atoms with Crippen LogP contribution in [-0.2, 0) is 27.9 Å². The Morgan fingerprint density at radius 1 is 1.00 bits per heavy atom. The van der Waals surface area contributed by atoms with Crippen molar-refractivity contribution in [2.75, 3.05) is 17.7 Å². The van der Waals surface area contributed by atoms with Crippen molar-refractivity contribution in [2.24, 2.45) is 0 Å². The quantitative estimate of drug-likeness (QED) is 0.209. The molecule has 0 aliphatic carbocycles. The third kappa shape index (κ3) is 5.78. The molecule has 1 N–H and O–H groups in total. The SMILES string of the molecule is O=C(CCl)N1Cc2ccccc2C(c2cccc(NCc3cc(-c4ccccc4F)n(S(=O)(=O)c4cccnc4)c3)c2)C1. The molecule has 1 amide bonds. The summed E-state index contributed by atoms with van der Waals surface area (Å²) < 4.78 is 43.1. The number of nitrogens with one attached hydrogen (secondary N) is 1. The number of alkyl halides is 1. The molecule has 0 saturated heterocycles. The van der Waals surface area contributed by atoms with Crippen molar-refractivity contribution in [3.63, 3.8) is 0 Å². The molecule has 43 heavy (non-hydrogen) atoms. The molecule has 7 nitrogen and oxygen atoms in total. The monoisotopic (exact) mass is 614 g/mol. The molecule has 1 aliphatic heterocycles. The van der Waals surface area contributed by atoms with Gasteiger partial charge in [0.15, 0.2) is 0 Å². The number of rotatable bonds is 8. The highest BCUT2D eigenvalue weighted by molar-refractivity contribution is 7.90. The van der Waals surface area contributed by atoms with E-state index in [0.29, 0.717) is 25.2 Å². The summed E-state index contributed by atoms with van der Waals surface area (Å²) >= 11 is 5.89. The zero-order valence-electron chi connectivity index (χ0n) is 23.0. The molecule has 2 aromatic heterocycles. The fourth-order valence-electron chi connectivity index (χ4n) is 5.51. The van der Waals surface area contributed by atoms with Crippen LogP contribution in [-0.4, -0.2) is 40.6 Å². The fourth-order valence-corrected chi connectivity index (χ4v) is 7.03. The maximum Gasteiger partial charge on any atom is 0.269 e. The van der Waals surface area contributed by atoms with Gasteiger partial charge in [0.1, 0.15) is 16.6 Å². The number of aromatic nitrogens is 2. The third-order valence-corrected chi connectivity index (χ3v) is 9.52. The van der Waals surface area contributed by atoms with E-state index in [2.05, 4.69) is 16.4 Å². The lowest BCUT2D eigenvalue weighted by Crippen LogP contribution is -2.39. The van der Waals surface area contributed by atoms with Crippen LogP contribution in [0.3, 0.4) is 0 Å². The van der Waals surface area contributed by atoms with Gasteiger partial charge in [0.25, 0.3) is 10.0 Å². The second-order valence-corrected chi connectivity index (χ2v) is 12.4. The van der Waals surface area contributed by atoms with Gasteiger partial charge < -0.3 is 10.2 Å². The molecule has 3 aromatic carbocycles. The first-order valence-corrected chi connectivity index (χ1v) is 15.7. The number of amides is 1. The largest absolute Gasteiger partial charge is 0.381 e. The Morgan fingerprint density at radius 2 is 1.81 bits per heavy atom. The fraction of sp³-hybridized carbons (Fsp3) is 0.152. The molecule has 1 aliphatic rings. The Hall–Kier alpha value is -4.47. The van der Waals surface area contributed by atoms with Gasteiger partial charge >= 0.3 is 0 Å². The Balaban J connectivity index is 1.30. The number of fused-ring (bicyclic) bond motifs is 1. The van der Waals surface area contributed by atoms with E-state index in [4.69, 9.17) is 11.6 Å². The van der Waals surface area contributed by atoms with E-state index in [1.807, 2.05) is 42.5 Å². The lowest BCUT2D eigenvalue weighted by atomic mass is 9.84. The number of halogens is 2. The zero-order valence-corrected chi connectivity index (χ0v) is 24.6. The van der Waals surface area contributed by atoms with Crippen molar-refractivity contribution in [1.82, 2.24) is 13.9 Å². The minimum absolute atomic E-state index is 0.00450. The number of hydrogen-bond acceptors (Lipinski definition) is 5. The van der Waals surface area contributed by atoms with E-state index in [0.717, 1.165) is 20.8 Å². The van der Waals surface area contributed by atoms with Crippen LogP contribution in [0.15, 0.2) is 114 Å². The molecule has 0 saturated carbocycles. The summed E-state index contributed by atoms with van der Waals surface area (Å²) in [7, 11) is -4.04. The maximum atomic E-state index is 14.9. The van der Waals surface area contributed by atoms with Gasteiger partial charge in [-0.3, -0.25) is 9.78 Å². The first kappa shape index (κ1) is 28.6. The van der Waals surface area contributed by atoms with Gasteiger partial charge in [0.2, 0.25) is 5.91 Å². The summed E-state index contributed by atoms with van der Waals surface area (Å²) in [6, 6.07) is 26.8. The van der Waals surface area contributed by atoms with Crippen LogP contribution in [0.25, 0.3) is 11.3 Å². The molecule has 0 spiro atoms. The Bertz CT molecular complexity index is 1900. The number of carbonyl (C=O) groups excluding carboxylic acids is 1. The highest BCUT2D eigenvalue weighted by atomic mass is 35.5. The molecule has 0 bridgehead atoms. The van der Waals surface area contributed by atoms with Crippen LogP contribution in [0.4, 0.5) is 10.1 Å². The van der Waals surface area contributed by atoms with E-state index >= 15 is 0 Å². The highest BCUT2D eigenvalue weighted by Crippen LogP contribution is 2.35. The molecule has 10 heteroatoms. The Kier molecular flexibility index (Phi) is 8.01. The van der Waals surface area contributed by atoms with Gasteiger partial charge in [-0.05, 0) is 64.7 Å². The van der Waals surface area contributed by atoms with Crippen LogP contribution < -0.4 is 5.32 Å². The van der Waals surface area contributed by atoms with Crippen molar-refractivity contribution in [1.29, 1.82) is 0 Å². The van der Waals surface area contributed by atoms with Crippen molar-refractivity contribution in [3.05, 3.63) is 138 Å². The first-order chi connectivity index (χ1) is 20.8. The normalized spacial score (nSPS) is 14.7. The molecular formula is C33H28ClFN4O3S. The molecule has 5 aromatic rings. The number of nitrogens with zero attached hydrogens (tertiary/aromatic N) is 3. The number of pyridine rings is 1. The van der Waals surface area contributed by atoms with E-state index in [-0.39, 0.29) is 33.9 Å². The predicted octanol–water partition coefficient (Wildman–Crippen LogP) is 6.25. The first-order valence-electron chi connectivity index (χ1n) is 13.7. The summed E-state index contributed by atoms with van der Waals surface area (Å²) in [5, 5.41) is 3.39. The number of anilines is 1. The average molecular weight is 615 g/mol. The lowest BCUT2D eigenvalue weighted by Gasteiger charge is -2.35. The third-order valence-electron chi connectivity index (χ3n) is 7.63. The summed E-state index contributed by atoms with van der Waals surface area (Å²) in [4.78, 5) is 18.2. The molecule has 3 heterocycles. The lowest BCUT2D eigenvalue weighted by molar-refractivity contribution is -0.129. The van der Waals surface area contributed by atoms with Crippen LogP contribution >= 0.6 is 11.6 Å². The second-order valence-electron chi connectivity index (χ2n) is 10.3.